The van der Waals surface area contributed by atoms with Gasteiger partial charge in [-0.05, 0) is 31.6 Å². The van der Waals surface area contributed by atoms with Gasteiger partial charge in [0.15, 0.2) is 10.3 Å². The van der Waals surface area contributed by atoms with Crippen molar-refractivity contribution in [3.05, 3.63) is 16.4 Å². The Bertz CT molecular complexity index is 376. The van der Waals surface area contributed by atoms with Gasteiger partial charge in [0.05, 0.1) is 5.69 Å². The highest BCUT2D eigenvalue weighted by Crippen LogP contribution is 2.30. The first kappa shape index (κ1) is 12.9. The van der Waals surface area contributed by atoms with Crippen LogP contribution >= 0.6 is 23.2 Å². The highest BCUT2D eigenvalue weighted by molar-refractivity contribution is 6.33. The second-order valence-corrected chi connectivity index (χ2v) is 5.39. The van der Waals surface area contributed by atoms with Gasteiger partial charge >= 0.3 is 0 Å². The molecule has 1 fully saturated rings. The Kier molecular flexibility index (Phi) is 4.46. The van der Waals surface area contributed by atoms with Crippen LogP contribution in [0.3, 0.4) is 0 Å². The van der Waals surface area contributed by atoms with Crippen LogP contribution in [0, 0.1) is 5.92 Å². The second kappa shape index (κ2) is 5.87. The molecule has 0 aliphatic heterocycles. The SMILES string of the molecule is CCC1CCC(Nc2cc(Cl)nnc2Cl)CC1. The molecule has 17 heavy (non-hydrogen) atoms. The van der Waals surface area contributed by atoms with Gasteiger partial charge in [-0.25, -0.2) is 0 Å². The molecule has 0 spiro atoms. The minimum absolute atomic E-state index is 0.374. The first-order valence-corrected chi connectivity index (χ1v) is 6.90. The van der Waals surface area contributed by atoms with E-state index in [0.29, 0.717) is 16.3 Å². The van der Waals surface area contributed by atoms with Crippen LogP contribution in [0.15, 0.2) is 6.07 Å². The van der Waals surface area contributed by atoms with Crippen molar-refractivity contribution < 1.29 is 0 Å². The lowest BCUT2D eigenvalue weighted by Crippen LogP contribution is -2.26. The van der Waals surface area contributed by atoms with Gasteiger partial charge in [-0.2, -0.15) is 0 Å². The van der Waals surface area contributed by atoms with E-state index in [-0.39, 0.29) is 0 Å². The number of aromatic nitrogens is 2. The quantitative estimate of drug-likeness (QED) is 0.899. The minimum Gasteiger partial charge on any atom is -0.380 e. The third-order valence-electron chi connectivity index (χ3n) is 3.50. The summed E-state index contributed by atoms with van der Waals surface area (Å²) in [4.78, 5) is 0. The van der Waals surface area contributed by atoms with Gasteiger partial charge in [0, 0.05) is 12.1 Å². The summed E-state index contributed by atoms with van der Waals surface area (Å²) in [6.45, 7) is 2.27. The average Bonchev–Trinajstić information content (AvgIpc) is 2.35. The predicted octanol–water partition coefficient (Wildman–Crippen LogP) is 4.16. The van der Waals surface area contributed by atoms with Crippen LogP contribution in [0.5, 0.6) is 0 Å². The fourth-order valence-corrected chi connectivity index (χ4v) is 2.68. The van der Waals surface area contributed by atoms with Crippen molar-refractivity contribution in [2.24, 2.45) is 5.92 Å². The van der Waals surface area contributed by atoms with E-state index in [2.05, 4.69) is 22.4 Å². The highest BCUT2D eigenvalue weighted by Gasteiger charge is 2.20. The first-order chi connectivity index (χ1) is 8.19. The van der Waals surface area contributed by atoms with Crippen molar-refractivity contribution in [1.82, 2.24) is 10.2 Å². The lowest BCUT2D eigenvalue weighted by molar-refractivity contribution is 0.330. The zero-order valence-electron chi connectivity index (χ0n) is 9.92. The van der Waals surface area contributed by atoms with E-state index in [9.17, 15) is 0 Å². The van der Waals surface area contributed by atoms with Crippen molar-refractivity contribution >= 4 is 28.9 Å². The summed E-state index contributed by atoms with van der Waals surface area (Å²) in [7, 11) is 0. The van der Waals surface area contributed by atoms with Gasteiger partial charge < -0.3 is 5.32 Å². The second-order valence-electron chi connectivity index (χ2n) is 4.64. The summed E-state index contributed by atoms with van der Waals surface area (Å²) in [5.41, 5.74) is 0.798. The summed E-state index contributed by atoms with van der Waals surface area (Å²) in [5, 5.41) is 11.7. The normalized spacial score (nSPS) is 24.6. The van der Waals surface area contributed by atoms with Crippen LogP contribution < -0.4 is 5.32 Å². The number of anilines is 1. The molecule has 0 saturated heterocycles. The minimum atomic E-state index is 0.374. The van der Waals surface area contributed by atoms with E-state index in [1.807, 2.05) is 0 Å². The maximum atomic E-state index is 5.98. The summed E-state index contributed by atoms with van der Waals surface area (Å²) in [6.07, 6.45) is 6.25. The number of nitrogens with zero attached hydrogens (tertiary/aromatic N) is 2. The van der Waals surface area contributed by atoms with Crippen LogP contribution in [0.2, 0.25) is 10.3 Å². The van der Waals surface area contributed by atoms with Crippen molar-refractivity contribution in [2.75, 3.05) is 5.32 Å². The molecule has 1 aliphatic carbocycles. The fourth-order valence-electron chi connectivity index (χ4n) is 2.39. The van der Waals surface area contributed by atoms with Crippen molar-refractivity contribution in [2.45, 2.75) is 45.1 Å². The average molecular weight is 274 g/mol. The maximum absolute atomic E-state index is 5.98. The van der Waals surface area contributed by atoms with E-state index in [0.717, 1.165) is 11.6 Å². The smallest absolute Gasteiger partial charge is 0.174 e. The Morgan fingerprint density at radius 2 is 1.94 bits per heavy atom. The Labute approximate surface area is 112 Å². The topological polar surface area (TPSA) is 37.8 Å². The van der Waals surface area contributed by atoms with Gasteiger partial charge in [0.25, 0.3) is 0 Å². The Hall–Kier alpha value is -0.540. The molecule has 1 aliphatic rings. The Balaban J connectivity index is 1.95. The van der Waals surface area contributed by atoms with E-state index in [1.54, 1.807) is 6.07 Å². The van der Waals surface area contributed by atoms with Gasteiger partial charge in [-0.3, -0.25) is 0 Å². The van der Waals surface area contributed by atoms with Gasteiger partial charge in [0.2, 0.25) is 0 Å². The van der Waals surface area contributed by atoms with Crippen molar-refractivity contribution in [3.63, 3.8) is 0 Å². The van der Waals surface area contributed by atoms with Crippen LogP contribution in [0.1, 0.15) is 39.0 Å². The molecule has 5 heteroatoms. The predicted molar refractivity (Wildman–Crippen MR) is 71.7 cm³/mol. The van der Waals surface area contributed by atoms with Crippen molar-refractivity contribution in [1.29, 1.82) is 0 Å². The molecule has 1 aromatic rings. The van der Waals surface area contributed by atoms with Crippen LogP contribution in [-0.2, 0) is 0 Å². The summed E-state index contributed by atoms with van der Waals surface area (Å²) < 4.78 is 0. The molecule has 1 N–H and O–H groups in total. The molecule has 0 aromatic carbocycles. The van der Waals surface area contributed by atoms with Crippen LogP contribution in [0.4, 0.5) is 5.69 Å². The molecule has 0 atom stereocenters. The molecular formula is C12H17Cl2N3. The van der Waals surface area contributed by atoms with E-state index >= 15 is 0 Å². The number of rotatable bonds is 3. The zero-order valence-corrected chi connectivity index (χ0v) is 11.4. The Morgan fingerprint density at radius 1 is 1.24 bits per heavy atom. The van der Waals surface area contributed by atoms with E-state index in [4.69, 9.17) is 23.2 Å². The van der Waals surface area contributed by atoms with Gasteiger partial charge in [0.1, 0.15) is 0 Å². The fraction of sp³-hybridized carbons (Fsp3) is 0.667. The Morgan fingerprint density at radius 3 is 2.59 bits per heavy atom. The first-order valence-electron chi connectivity index (χ1n) is 6.14. The molecule has 2 rings (SSSR count). The van der Waals surface area contributed by atoms with E-state index in [1.165, 1.54) is 32.1 Å². The van der Waals surface area contributed by atoms with Crippen LogP contribution in [-0.4, -0.2) is 16.2 Å². The molecule has 0 radical (unpaired) electrons. The summed E-state index contributed by atoms with van der Waals surface area (Å²) in [5.74, 6) is 0.891. The largest absolute Gasteiger partial charge is 0.380 e. The molecule has 0 amide bonds. The number of hydrogen-bond acceptors (Lipinski definition) is 3. The summed E-state index contributed by atoms with van der Waals surface area (Å²) >= 11 is 11.8. The van der Waals surface area contributed by atoms with Gasteiger partial charge in [-0.15, -0.1) is 10.2 Å². The summed E-state index contributed by atoms with van der Waals surface area (Å²) in [6, 6.07) is 2.22. The molecule has 1 saturated carbocycles. The van der Waals surface area contributed by atoms with Crippen LogP contribution in [0.25, 0.3) is 0 Å². The monoisotopic (exact) mass is 273 g/mol. The number of nitrogens with one attached hydrogen (secondary N) is 1. The van der Waals surface area contributed by atoms with Crippen molar-refractivity contribution in [3.8, 4) is 0 Å². The molecule has 1 aromatic heterocycles. The zero-order chi connectivity index (χ0) is 12.3. The molecule has 0 bridgehead atoms. The van der Waals surface area contributed by atoms with Gasteiger partial charge in [-0.1, -0.05) is 36.5 Å². The molecule has 3 nitrogen and oxygen atoms in total. The third kappa shape index (κ3) is 3.46. The molecule has 1 heterocycles. The molecule has 0 unspecified atom stereocenters. The maximum Gasteiger partial charge on any atom is 0.174 e. The molecule has 94 valence electrons. The number of halogens is 2. The molecular weight excluding hydrogens is 257 g/mol. The lowest BCUT2D eigenvalue weighted by Gasteiger charge is -2.29. The third-order valence-corrected chi connectivity index (χ3v) is 3.97. The lowest BCUT2D eigenvalue weighted by atomic mass is 9.84. The standard InChI is InChI=1S/C12H17Cl2N3/c1-2-8-3-5-9(6-4-8)15-10-7-11(13)16-17-12(10)14/h7-9H,2-6H2,1H3,(H,15,16). The number of hydrogen-bond donors (Lipinski definition) is 1. The highest BCUT2D eigenvalue weighted by atomic mass is 35.5. The van der Waals surface area contributed by atoms with E-state index < -0.39 is 0 Å².